The molecule has 3 N–H and O–H groups in total. The van der Waals surface area contributed by atoms with Gasteiger partial charge >= 0.3 is 12.1 Å². The predicted octanol–water partition coefficient (Wildman–Crippen LogP) is 3.64. The summed E-state index contributed by atoms with van der Waals surface area (Å²) in [5.41, 5.74) is -0.0325. The number of anilines is 1. The molecule has 122 valence electrons. The summed E-state index contributed by atoms with van der Waals surface area (Å²) >= 11 is 11.6. The summed E-state index contributed by atoms with van der Waals surface area (Å²) in [6.45, 7) is 5.83. The number of ether oxygens (including phenoxy) is 1. The molecule has 1 aromatic rings. The average Bonchev–Trinajstić information content (AvgIpc) is 2.37. The number of nitrogens with one attached hydrogen (secondary N) is 3. The van der Waals surface area contributed by atoms with Gasteiger partial charge in [0.2, 0.25) is 0 Å². The van der Waals surface area contributed by atoms with Crippen LogP contribution in [0.2, 0.25) is 10.0 Å². The minimum Gasteiger partial charge on any atom is -0.444 e. The normalized spacial score (nSPS) is 10.8. The lowest BCUT2D eigenvalue weighted by Crippen LogP contribution is -2.39. The van der Waals surface area contributed by atoms with Crippen LogP contribution in [0.25, 0.3) is 0 Å². The Morgan fingerprint density at radius 1 is 1.09 bits per heavy atom. The van der Waals surface area contributed by atoms with Crippen LogP contribution in [0.3, 0.4) is 0 Å². The Labute approximate surface area is 139 Å². The first-order chi connectivity index (χ1) is 10.2. The molecule has 0 aromatic heterocycles. The smallest absolute Gasteiger partial charge is 0.407 e. The first kappa shape index (κ1) is 18.4. The lowest BCUT2D eigenvalue weighted by atomic mass is 10.2. The van der Waals surface area contributed by atoms with Crippen molar-refractivity contribution < 1.29 is 14.3 Å². The lowest BCUT2D eigenvalue weighted by molar-refractivity contribution is 0.0528. The molecule has 3 amide bonds. The highest BCUT2D eigenvalue weighted by Crippen LogP contribution is 2.24. The zero-order chi connectivity index (χ0) is 16.8. The van der Waals surface area contributed by atoms with Gasteiger partial charge in [-0.15, -0.1) is 0 Å². The number of amides is 3. The largest absolute Gasteiger partial charge is 0.444 e. The molecule has 0 fully saturated rings. The summed E-state index contributed by atoms with van der Waals surface area (Å²) in [7, 11) is 0. The van der Waals surface area contributed by atoms with E-state index in [9.17, 15) is 9.59 Å². The number of benzene rings is 1. The molecule has 1 rings (SSSR count). The Morgan fingerprint density at radius 2 is 1.73 bits per heavy atom. The molecular weight excluding hydrogens is 329 g/mol. The van der Waals surface area contributed by atoms with Gasteiger partial charge in [0, 0.05) is 18.8 Å². The van der Waals surface area contributed by atoms with Crippen molar-refractivity contribution in [1.29, 1.82) is 0 Å². The van der Waals surface area contributed by atoms with E-state index in [1.54, 1.807) is 39.0 Å². The van der Waals surface area contributed by atoms with Gasteiger partial charge in [0.25, 0.3) is 0 Å². The van der Waals surface area contributed by atoms with E-state index in [2.05, 4.69) is 16.0 Å². The summed E-state index contributed by atoms with van der Waals surface area (Å²) in [6, 6.07) is 4.35. The first-order valence-electron chi connectivity index (χ1n) is 6.64. The average molecular weight is 348 g/mol. The number of alkyl carbamates (subject to hydrolysis) is 1. The summed E-state index contributed by atoms with van der Waals surface area (Å²) < 4.78 is 5.06. The SMILES string of the molecule is CC(C)(C)OC(=O)NCCNC(=O)Nc1ccc(Cl)c(Cl)c1. The molecule has 0 heterocycles. The van der Waals surface area contributed by atoms with Crippen LogP contribution in [0.1, 0.15) is 20.8 Å². The van der Waals surface area contributed by atoms with Crippen molar-refractivity contribution in [3.63, 3.8) is 0 Å². The number of urea groups is 1. The maximum atomic E-state index is 11.6. The highest BCUT2D eigenvalue weighted by molar-refractivity contribution is 6.42. The molecule has 6 nitrogen and oxygen atoms in total. The number of rotatable bonds is 4. The topological polar surface area (TPSA) is 79.5 Å². The van der Waals surface area contributed by atoms with E-state index in [-0.39, 0.29) is 13.1 Å². The zero-order valence-corrected chi connectivity index (χ0v) is 14.1. The minimum atomic E-state index is -0.553. The number of carbonyl (C=O) groups excluding carboxylic acids is 2. The number of hydrogen-bond donors (Lipinski definition) is 3. The zero-order valence-electron chi connectivity index (χ0n) is 12.6. The molecule has 0 saturated carbocycles. The third-order valence-corrected chi connectivity index (χ3v) is 3.00. The fraction of sp³-hybridized carbons (Fsp3) is 0.429. The Hall–Kier alpha value is -1.66. The molecule has 22 heavy (non-hydrogen) atoms. The van der Waals surface area contributed by atoms with Gasteiger partial charge < -0.3 is 20.7 Å². The third-order valence-electron chi connectivity index (χ3n) is 2.26. The summed E-state index contributed by atoms with van der Waals surface area (Å²) in [4.78, 5) is 23.0. The monoisotopic (exact) mass is 347 g/mol. The second-order valence-electron chi connectivity index (χ2n) is 5.44. The van der Waals surface area contributed by atoms with Crippen LogP contribution in [-0.2, 0) is 4.74 Å². The van der Waals surface area contributed by atoms with Crippen molar-refractivity contribution in [2.75, 3.05) is 18.4 Å². The highest BCUT2D eigenvalue weighted by Gasteiger charge is 2.15. The quantitative estimate of drug-likeness (QED) is 0.727. The van der Waals surface area contributed by atoms with Crippen LogP contribution in [-0.4, -0.2) is 30.8 Å². The van der Waals surface area contributed by atoms with Gasteiger partial charge in [0.1, 0.15) is 5.60 Å². The second-order valence-corrected chi connectivity index (χ2v) is 6.25. The van der Waals surface area contributed by atoms with Crippen LogP contribution in [0.5, 0.6) is 0 Å². The van der Waals surface area contributed by atoms with Crippen molar-refractivity contribution >= 4 is 41.0 Å². The van der Waals surface area contributed by atoms with E-state index in [0.717, 1.165) is 0 Å². The summed E-state index contributed by atoms with van der Waals surface area (Å²) in [6.07, 6.45) is -0.529. The Kier molecular flexibility index (Phi) is 6.77. The van der Waals surface area contributed by atoms with E-state index in [4.69, 9.17) is 27.9 Å². The van der Waals surface area contributed by atoms with Crippen LogP contribution in [0.15, 0.2) is 18.2 Å². The van der Waals surface area contributed by atoms with E-state index in [1.165, 1.54) is 0 Å². The van der Waals surface area contributed by atoms with E-state index in [1.807, 2.05) is 0 Å². The summed E-state index contributed by atoms with van der Waals surface area (Å²) in [5, 5.41) is 8.48. The molecule has 0 unspecified atom stereocenters. The van der Waals surface area contributed by atoms with Crippen molar-refractivity contribution in [2.45, 2.75) is 26.4 Å². The van der Waals surface area contributed by atoms with Gasteiger partial charge in [-0.3, -0.25) is 0 Å². The fourth-order valence-electron chi connectivity index (χ4n) is 1.40. The first-order valence-corrected chi connectivity index (χ1v) is 7.40. The van der Waals surface area contributed by atoms with Crippen LogP contribution < -0.4 is 16.0 Å². The molecule has 0 spiro atoms. The fourth-order valence-corrected chi connectivity index (χ4v) is 1.70. The van der Waals surface area contributed by atoms with Crippen molar-refractivity contribution in [3.05, 3.63) is 28.2 Å². The molecular formula is C14H19Cl2N3O3. The Morgan fingerprint density at radius 3 is 2.32 bits per heavy atom. The second kappa shape index (κ2) is 8.10. The van der Waals surface area contributed by atoms with E-state index in [0.29, 0.717) is 15.7 Å². The number of halogens is 2. The Bertz CT molecular complexity index is 545. The number of carbonyl (C=O) groups is 2. The highest BCUT2D eigenvalue weighted by atomic mass is 35.5. The van der Waals surface area contributed by atoms with Crippen LogP contribution in [0, 0.1) is 0 Å². The predicted molar refractivity (Wildman–Crippen MR) is 87.7 cm³/mol. The van der Waals surface area contributed by atoms with Crippen molar-refractivity contribution in [1.82, 2.24) is 10.6 Å². The Balaban J connectivity index is 2.26. The maximum Gasteiger partial charge on any atom is 0.407 e. The molecule has 0 radical (unpaired) electrons. The van der Waals surface area contributed by atoms with E-state index >= 15 is 0 Å². The van der Waals surface area contributed by atoms with E-state index < -0.39 is 17.7 Å². The molecule has 0 aliphatic rings. The van der Waals surface area contributed by atoms with Gasteiger partial charge in [-0.2, -0.15) is 0 Å². The van der Waals surface area contributed by atoms with Crippen LogP contribution in [0.4, 0.5) is 15.3 Å². The minimum absolute atomic E-state index is 0.254. The standard InChI is InChI=1S/C14H19Cl2N3O3/c1-14(2,3)22-13(21)18-7-6-17-12(20)19-9-4-5-10(15)11(16)8-9/h4-5,8H,6-7H2,1-3H3,(H,18,21)(H2,17,19,20). The molecule has 0 bridgehead atoms. The molecule has 0 aliphatic heterocycles. The summed E-state index contributed by atoms with van der Waals surface area (Å²) in [5.74, 6) is 0. The molecule has 8 heteroatoms. The maximum absolute atomic E-state index is 11.6. The lowest BCUT2D eigenvalue weighted by Gasteiger charge is -2.19. The molecule has 0 atom stereocenters. The van der Waals surface area contributed by atoms with Crippen molar-refractivity contribution in [2.24, 2.45) is 0 Å². The van der Waals surface area contributed by atoms with Gasteiger partial charge in [-0.25, -0.2) is 9.59 Å². The number of hydrogen-bond acceptors (Lipinski definition) is 3. The van der Waals surface area contributed by atoms with Crippen LogP contribution >= 0.6 is 23.2 Å². The van der Waals surface area contributed by atoms with Gasteiger partial charge in [0.15, 0.2) is 0 Å². The molecule has 0 aliphatic carbocycles. The van der Waals surface area contributed by atoms with Gasteiger partial charge in [-0.05, 0) is 39.0 Å². The third kappa shape index (κ3) is 7.38. The van der Waals surface area contributed by atoms with Crippen molar-refractivity contribution in [3.8, 4) is 0 Å². The van der Waals surface area contributed by atoms with Gasteiger partial charge in [0.05, 0.1) is 10.0 Å². The van der Waals surface area contributed by atoms with Gasteiger partial charge in [-0.1, -0.05) is 23.2 Å². The molecule has 0 saturated heterocycles. The molecule has 1 aromatic carbocycles.